The highest BCUT2D eigenvalue weighted by molar-refractivity contribution is 9.10. The number of rotatable bonds is 4. The van der Waals surface area contributed by atoms with E-state index in [0.29, 0.717) is 5.92 Å². The van der Waals surface area contributed by atoms with Crippen LogP contribution in [0.2, 0.25) is 0 Å². The van der Waals surface area contributed by atoms with E-state index in [4.69, 9.17) is 0 Å². The van der Waals surface area contributed by atoms with Crippen LogP contribution in [0, 0.1) is 11.7 Å². The minimum Gasteiger partial charge on any atom is -0.310 e. The summed E-state index contributed by atoms with van der Waals surface area (Å²) in [7, 11) is 0. The van der Waals surface area contributed by atoms with E-state index >= 15 is 0 Å². The first-order valence-corrected chi connectivity index (χ1v) is 7.70. The molecule has 2 rings (SSSR count). The van der Waals surface area contributed by atoms with Crippen molar-refractivity contribution in [2.24, 2.45) is 5.92 Å². The Hall–Kier alpha value is -0.410. The lowest BCUT2D eigenvalue weighted by Gasteiger charge is -2.32. The predicted molar refractivity (Wildman–Crippen MR) is 77.1 cm³/mol. The Kier molecular flexibility index (Phi) is 5.19. The van der Waals surface area contributed by atoms with E-state index in [1.165, 1.54) is 32.1 Å². The predicted octanol–water partition coefficient (Wildman–Crippen LogP) is 4.82. The van der Waals surface area contributed by atoms with E-state index in [2.05, 4.69) is 28.2 Å². The first-order valence-electron chi connectivity index (χ1n) is 6.91. The third-order valence-corrected chi connectivity index (χ3v) is 4.55. The van der Waals surface area contributed by atoms with E-state index in [-0.39, 0.29) is 11.9 Å². The summed E-state index contributed by atoms with van der Waals surface area (Å²) in [6.07, 6.45) is 6.29. The van der Waals surface area contributed by atoms with Gasteiger partial charge in [-0.1, -0.05) is 48.2 Å². The highest BCUT2D eigenvalue weighted by Crippen LogP contribution is 2.38. The molecule has 0 saturated heterocycles. The summed E-state index contributed by atoms with van der Waals surface area (Å²) in [5.74, 6) is 0.466. The van der Waals surface area contributed by atoms with Crippen LogP contribution in [0.1, 0.15) is 50.6 Å². The Bertz CT molecular complexity index is 368. The average molecular weight is 314 g/mol. The fraction of sp³-hybridized carbons (Fsp3) is 0.600. The molecule has 0 aromatic heterocycles. The van der Waals surface area contributed by atoms with Crippen LogP contribution in [0.3, 0.4) is 0 Å². The molecule has 1 nitrogen and oxygen atoms in total. The van der Waals surface area contributed by atoms with Crippen molar-refractivity contribution in [2.45, 2.75) is 45.1 Å². The quantitative estimate of drug-likeness (QED) is 0.840. The van der Waals surface area contributed by atoms with E-state index in [0.717, 1.165) is 16.6 Å². The van der Waals surface area contributed by atoms with Gasteiger partial charge in [-0.15, -0.1) is 0 Å². The fourth-order valence-electron chi connectivity index (χ4n) is 3.00. The Morgan fingerprint density at radius 2 is 2.06 bits per heavy atom. The van der Waals surface area contributed by atoms with Gasteiger partial charge in [0.05, 0.1) is 0 Å². The van der Waals surface area contributed by atoms with Gasteiger partial charge in [0.2, 0.25) is 0 Å². The number of halogens is 2. The standard InChI is InChI=1S/C15H21BrFN/c1-2-18-15(11-7-4-3-5-8-11)14-12(16)9-6-10-13(14)17/h6,9-11,15,18H,2-5,7-8H2,1H3. The van der Waals surface area contributed by atoms with E-state index in [1.54, 1.807) is 12.1 Å². The van der Waals surface area contributed by atoms with Gasteiger partial charge in [-0.3, -0.25) is 0 Å². The second-order valence-electron chi connectivity index (χ2n) is 5.07. The van der Waals surface area contributed by atoms with Crippen LogP contribution in [0.4, 0.5) is 4.39 Å². The molecule has 1 N–H and O–H groups in total. The highest BCUT2D eigenvalue weighted by Gasteiger charge is 2.27. The summed E-state index contributed by atoms with van der Waals surface area (Å²) >= 11 is 3.50. The van der Waals surface area contributed by atoms with Crippen molar-refractivity contribution in [1.29, 1.82) is 0 Å². The van der Waals surface area contributed by atoms with Crippen LogP contribution < -0.4 is 5.32 Å². The molecule has 1 saturated carbocycles. The highest BCUT2D eigenvalue weighted by atomic mass is 79.9. The zero-order valence-corrected chi connectivity index (χ0v) is 12.5. The molecule has 1 aromatic carbocycles. The molecule has 0 aliphatic heterocycles. The zero-order valence-electron chi connectivity index (χ0n) is 10.9. The van der Waals surface area contributed by atoms with Crippen molar-refractivity contribution in [2.75, 3.05) is 6.54 Å². The van der Waals surface area contributed by atoms with Gasteiger partial charge < -0.3 is 5.32 Å². The zero-order chi connectivity index (χ0) is 13.0. The maximum atomic E-state index is 14.1. The molecule has 0 spiro atoms. The van der Waals surface area contributed by atoms with Crippen LogP contribution in [0.25, 0.3) is 0 Å². The Morgan fingerprint density at radius 1 is 1.33 bits per heavy atom. The molecule has 1 aliphatic rings. The van der Waals surface area contributed by atoms with Gasteiger partial charge in [-0.2, -0.15) is 0 Å². The van der Waals surface area contributed by atoms with E-state index in [1.807, 2.05) is 6.07 Å². The minimum absolute atomic E-state index is 0.0964. The maximum absolute atomic E-state index is 14.1. The molecule has 1 aliphatic carbocycles. The number of hydrogen-bond donors (Lipinski definition) is 1. The molecule has 3 heteroatoms. The van der Waals surface area contributed by atoms with Gasteiger partial charge in [0.1, 0.15) is 5.82 Å². The molecule has 18 heavy (non-hydrogen) atoms. The number of nitrogens with one attached hydrogen (secondary N) is 1. The topological polar surface area (TPSA) is 12.0 Å². The van der Waals surface area contributed by atoms with Gasteiger partial charge in [0, 0.05) is 16.1 Å². The average Bonchev–Trinajstić information content (AvgIpc) is 2.38. The molecule has 0 amide bonds. The Balaban J connectivity index is 2.28. The summed E-state index contributed by atoms with van der Waals surface area (Å²) in [4.78, 5) is 0. The van der Waals surface area contributed by atoms with Crippen molar-refractivity contribution in [1.82, 2.24) is 5.32 Å². The van der Waals surface area contributed by atoms with Crippen molar-refractivity contribution in [3.05, 3.63) is 34.1 Å². The van der Waals surface area contributed by atoms with Crippen molar-refractivity contribution >= 4 is 15.9 Å². The van der Waals surface area contributed by atoms with Gasteiger partial charge in [-0.05, 0) is 37.4 Å². The lowest BCUT2D eigenvalue weighted by Crippen LogP contribution is -2.30. The first-order chi connectivity index (χ1) is 8.74. The normalized spacial score (nSPS) is 18.8. The lowest BCUT2D eigenvalue weighted by atomic mass is 9.81. The minimum atomic E-state index is -0.0964. The van der Waals surface area contributed by atoms with Crippen LogP contribution in [0.15, 0.2) is 22.7 Å². The summed E-state index contributed by atoms with van der Waals surface area (Å²) in [6, 6.07) is 5.40. The molecule has 1 aromatic rings. The van der Waals surface area contributed by atoms with Crippen LogP contribution in [0.5, 0.6) is 0 Å². The molecule has 1 unspecified atom stereocenters. The SMILES string of the molecule is CCNC(c1c(F)cccc1Br)C1CCCCC1. The second-order valence-corrected chi connectivity index (χ2v) is 5.92. The smallest absolute Gasteiger partial charge is 0.129 e. The molecular weight excluding hydrogens is 293 g/mol. The summed E-state index contributed by atoms with van der Waals surface area (Å²) in [5.41, 5.74) is 0.811. The third-order valence-electron chi connectivity index (χ3n) is 3.86. The van der Waals surface area contributed by atoms with E-state index in [9.17, 15) is 4.39 Å². The third kappa shape index (κ3) is 3.12. The number of benzene rings is 1. The van der Waals surface area contributed by atoms with Gasteiger partial charge in [0.15, 0.2) is 0 Å². The molecule has 0 radical (unpaired) electrons. The van der Waals surface area contributed by atoms with Gasteiger partial charge in [0.25, 0.3) is 0 Å². The van der Waals surface area contributed by atoms with E-state index < -0.39 is 0 Å². The largest absolute Gasteiger partial charge is 0.310 e. The monoisotopic (exact) mass is 313 g/mol. The molecule has 100 valence electrons. The second kappa shape index (κ2) is 6.67. The fourth-order valence-corrected chi connectivity index (χ4v) is 3.59. The number of hydrogen-bond acceptors (Lipinski definition) is 1. The van der Waals surface area contributed by atoms with Crippen molar-refractivity contribution in [3.8, 4) is 0 Å². The van der Waals surface area contributed by atoms with Crippen molar-refractivity contribution < 1.29 is 4.39 Å². The lowest BCUT2D eigenvalue weighted by molar-refractivity contribution is 0.269. The Labute approximate surface area is 117 Å². The molecular formula is C15H21BrFN. The van der Waals surface area contributed by atoms with Crippen LogP contribution in [-0.4, -0.2) is 6.54 Å². The molecule has 1 atom stereocenters. The summed E-state index contributed by atoms with van der Waals surface area (Å²) < 4.78 is 15.0. The van der Waals surface area contributed by atoms with Crippen molar-refractivity contribution in [3.63, 3.8) is 0 Å². The van der Waals surface area contributed by atoms with Gasteiger partial charge in [-0.25, -0.2) is 4.39 Å². The van der Waals surface area contributed by atoms with Crippen LogP contribution >= 0.6 is 15.9 Å². The first kappa shape index (κ1) is 14.0. The van der Waals surface area contributed by atoms with Gasteiger partial charge >= 0.3 is 0 Å². The Morgan fingerprint density at radius 3 is 2.67 bits per heavy atom. The molecule has 1 fully saturated rings. The van der Waals surface area contributed by atoms with Crippen LogP contribution in [-0.2, 0) is 0 Å². The summed E-state index contributed by atoms with van der Waals surface area (Å²) in [6.45, 7) is 2.96. The summed E-state index contributed by atoms with van der Waals surface area (Å²) in [5, 5.41) is 3.48. The molecule has 0 bridgehead atoms. The maximum Gasteiger partial charge on any atom is 0.129 e. The molecule has 0 heterocycles.